The number of rotatable bonds is 4. The number of ether oxygens (including phenoxy) is 1. The van der Waals surface area contributed by atoms with E-state index in [4.69, 9.17) is 10.5 Å². The molecule has 5 heteroatoms. The molecular weight excluding hydrogens is 266 g/mol. The highest BCUT2D eigenvalue weighted by Gasteiger charge is 2.24. The number of nitrogens with two attached hydrogens (primary N) is 1. The van der Waals surface area contributed by atoms with Gasteiger partial charge in [-0.1, -0.05) is 0 Å². The maximum Gasteiger partial charge on any atom is 0.340 e. The number of anilines is 2. The van der Waals surface area contributed by atoms with E-state index >= 15 is 0 Å². The molecule has 5 nitrogen and oxygen atoms in total. The fourth-order valence-electron chi connectivity index (χ4n) is 2.89. The zero-order valence-electron chi connectivity index (χ0n) is 13.1. The molecule has 21 heavy (non-hydrogen) atoms. The highest BCUT2D eigenvalue weighted by atomic mass is 16.5. The van der Waals surface area contributed by atoms with Crippen LogP contribution in [0.1, 0.15) is 30.1 Å². The molecule has 1 atom stereocenters. The molecule has 1 aromatic carbocycles. The van der Waals surface area contributed by atoms with Crippen LogP contribution in [0, 0.1) is 0 Å². The first-order chi connectivity index (χ1) is 10.0. The molecule has 1 saturated heterocycles. The second-order valence-corrected chi connectivity index (χ2v) is 5.67. The number of likely N-dealkylation sites (N-methyl/N-ethyl adjacent to an activating group) is 2. The summed E-state index contributed by atoms with van der Waals surface area (Å²) in [5.74, 6) is -0.309. The fraction of sp³-hybridized carbons (Fsp3) is 0.562. The Kier molecular flexibility index (Phi) is 5.07. The Hall–Kier alpha value is -1.75. The number of nitrogen functional groups attached to an aromatic ring is 1. The SMILES string of the molecule is CCOC(=O)c1cc(N)ccc1N(C)C1CCCN(C)C1. The molecule has 0 radical (unpaired) electrons. The number of hydrogen-bond donors (Lipinski definition) is 1. The summed E-state index contributed by atoms with van der Waals surface area (Å²) in [6.07, 6.45) is 2.31. The maximum atomic E-state index is 12.2. The molecule has 1 aliphatic rings. The van der Waals surface area contributed by atoms with Crippen LogP contribution >= 0.6 is 0 Å². The molecule has 0 saturated carbocycles. The summed E-state index contributed by atoms with van der Waals surface area (Å²) in [6.45, 7) is 4.31. The molecule has 1 aromatic rings. The van der Waals surface area contributed by atoms with Crippen LogP contribution in [0.2, 0.25) is 0 Å². The molecule has 0 amide bonds. The van der Waals surface area contributed by atoms with Crippen LogP contribution in [0.5, 0.6) is 0 Å². The largest absolute Gasteiger partial charge is 0.462 e. The maximum absolute atomic E-state index is 12.2. The van der Waals surface area contributed by atoms with Crippen molar-refractivity contribution in [2.45, 2.75) is 25.8 Å². The number of carbonyl (C=O) groups excluding carboxylic acids is 1. The van der Waals surface area contributed by atoms with Crippen molar-refractivity contribution < 1.29 is 9.53 Å². The Labute approximate surface area is 126 Å². The lowest BCUT2D eigenvalue weighted by Gasteiger charge is -2.37. The zero-order chi connectivity index (χ0) is 15.4. The van der Waals surface area contributed by atoms with Crippen molar-refractivity contribution in [1.82, 2.24) is 4.90 Å². The first kappa shape index (κ1) is 15.6. The predicted molar refractivity (Wildman–Crippen MR) is 85.7 cm³/mol. The summed E-state index contributed by atoms with van der Waals surface area (Å²) >= 11 is 0. The average Bonchev–Trinajstić information content (AvgIpc) is 2.46. The minimum Gasteiger partial charge on any atom is -0.462 e. The number of carbonyl (C=O) groups is 1. The molecule has 2 rings (SSSR count). The van der Waals surface area contributed by atoms with Crippen molar-refractivity contribution >= 4 is 17.3 Å². The van der Waals surface area contributed by atoms with Crippen LogP contribution < -0.4 is 10.6 Å². The smallest absolute Gasteiger partial charge is 0.340 e. The van der Waals surface area contributed by atoms with E-state index in [0.29, 0.717) is 23.9 Å². The molecular formula is C16H25N3O2. The number of likely N-dealkylation sites (tertiary alicyclic amines) is 1. The second-order valence-electron chi connectivity index (χ2n) is 5.67. The Morgan fingerprint density at radius 3 is 2.95 bits per heavy atom. The monoisotopic (exact) mass is 291 g/mol. The van der Waals surface area contributed by atoms with E-state index in [9.17, 15) is 4.79 Å². The number of piperidine rings is 1. The number of nitrogens with zero attached hydrogens (tertiary/aromatic N) is 2. The van der Waals surface area contributed by atoms with Crippen LogP contribution in [0.4, 0.5) is 11.4 Å². The Morgan fingerprint density at radius 2 is 2.29 bits per heavy atom. The molecule has 2 N–H and O–H groups in total. The van der Waals surface area contributed by atoms with Crippen molar-refractivity contribution in [1.29, 1.82) is 0 Å². The fourth-order valence-corrected chi connectivity index (χ4v) is 2.89. The van der Waals surface area contributed by atoms with Gasteiger partial charge in [0.2, 0.25) is 0 Å². The number of esters is 1. The predicted octanol–water partition coefficient (Wildman–Crippen LogP) is 1.98. The van der Waals surface area contributed by atoms with E-state index in [2.05, 4.69) is 16.8 Å². The van der Waals surface area contributed by atoms with Gasteiger partial charge in [-0.15, -0.1) is 0 Å². The van der Waals surface area contributed by atoms with Gasteiger partial charge in [0.1, 0.15) is 0 Å². The number of hydrogen-bond acceptors (Lipinski definition) is 5. The van der Waals surface area contributed by atoms with E-state index in [1.54, 1.807) is 6.07 Å². The molecule has 0 aliphatic carbocycles. The Balaban J connectivity index is 2.27. The third-order valence-electron chi connectivity index (χ3n) is 4.04. The van der Waals surface area contributed by atoms with E-state index in [-0.39, 0.29) is 5.97 Å². The van der Waals surface area contributed by atoms with Crippen LogP contribution in [0.25, 0.3) is 0 Å². The third kappa shape index (κ3) is 3.67. The summed E-state index contributed by atoms with van der Waals surface area (Å²) in [7, 11) is 4.17. The van der Waals surface area contributed by atoms with Gasteiger partial charge in [0.25, 0.3) is 0 Å². The molecule has 0 bridgehead atoms. The highest BCUT2D eigenvalue weighted by molar-refractivity contribution is 5.97. The van der Waals surface area contributed by atoms with E-state index in [0.717, 1.165) is 25.2 Å². The lowest BCUT2D eigenvalue weighted by molar-refractivity contribution is 0.0527. The normalized spacial score (nSPS) is 19.3. The lowest BCUT2D eigenvalue weighted by atomic mass is 10.0. The van der Waals surface area contributed by atoms with Gasteiger partial charge in [-0.05, 0) is 51.6 Å². The minimum atomic E-state index is -0.309. The topological polar surface area (TPSA) is 58.8 Å². The molecule has 1 aliphatic heterocycles. The van der Waals surface area contributed by atoms with E-state index in [1.165, 1.54) is 6.42 Å². The van der Waals surface area contributed by atoms with Gasteiger partial charge in [-0.3, -0.25) is 0 Å². The molecule has 1 fully saturated rings. The van der Waals surface area contributed by atoms with Crippen molar-refractivity contribution in [3.63, 3.8) is 0 Å². The summed E-state index contributed by atoms with van der Waals surface area (Å²) in [4.78, 5) is 16.7. The van der Waals surface area contributed by atoms with Crippen LogP contribution in [-0.4, -0.2) is 50.7 Å². The molecule has 116 valence electrons. The third-order valence-corrected chi connectivity index (χ3v) is 4.04. The first-order valence-corrected chi connectivity index (χ1v) is 7.51. The van der Waals surface area contributed by atoms with Crippen LogP contribution in [0.15, 0.2) is 18.2 Å². The van der Waals surface area contributed by atoms with Crippen molar-refractivity contribution in [2.24, 2.45) is 0 Å². The zero-order valence-corrected chi connectivity index (χ0v) is 13.1. The lowest BCUT2D eigenvalue weighted by Crippen LogP contribution is -2.45. The van der Waals surface area contributed by atoms with Gasteiger partial charge in [0.15, 0.2) is 0 Å². The van der Waals surface area contributed by atoms with Gasteiger partial charge in [-0.2, -0.15) is 0 Å². The molecule has 0 spiro atoms. The van der Waals surface area contributed by atoms with Gasteiger partial charge in [0.05, 0.1) is 17.9 Å². The molecule has 1 unspecified atom stereocenters. The Morgan fingerprint density at radius 1 is 1.52 bits per heavy atom. The molecule has 0 aromatic heterocycles. The van der Waals surface area contributed by atoms with Gasteiger partial charge >= 0.3 is 5.97 Å². The quantitative estimate of drug-likeness (QED) is 0.679. The number of benzene rings is 1. The molecule has 1 heterocycles. The van der Waals surface area contributed by atoms with Gasteiger partial charge in [0, 0.05) is 25.3 Å². The van der Waals surface area contributed by atoms with Gasteiger partial charge in [-0.25, -0.2) is 4.79 Å². The van der Waals surface area contributed by atoms with Crippen LogP contribution in [-0.2, 0) is 4.74 Å². The van der Waals surface area contributed by atoms with E-state index in [1.807, 2.05) is 26.1 Å². The van der Waals surface area contributed by atoms with Crippen molar-refractivity contribution in [3.8, 4) is 0 Å². The van der Waals surface area contributed by atoms with Crippen molar-refractivity contribution in [3.05, 3.63) is 23.8 Å². The van der Waals surface area contributed by atoms with E-state index < -0.39 is 0 Å². The summed E-state index contributed by atoms with van der Waals surface area (Å²) in [5.41, 5.74) is 7.85. The van der Waals surface area contributed by atoms with Crippen LogP contribution in [0.3, 0.4) is 0 Å². The standard InChI is InChI=1S/C16H25N3O2/c1-4-21-16(20)14-10-12(17)7-8-15(14)19(3)13-6-5-9-18(2)11-13/h7-8,10,13H,4-6,9,11,17H2,1-3H3. The van der Waals surface area contributed by atoms with Gasteiger partial charge < -0.3 is 20.3 Å². The second kappa shape index (κ2) is 6.80. The van der Waals surface area contributed by atoms with Crippen molar-refractivity contribution in [2.75, 3.05) is 44.4 Å². The minimum absolute atomic E-state index is 0.309. The Bertz CT molecular complexity index is 504. The summed E-state index contributed by atoms with van der Waals surface area (Å²) in [5, 5.41) is 0. The summed E-state index contributed by atoms with van der Waals surface area (Å²) < 4.78 is 5.15. The first-order valence-electron chi connectivity index (χ1n) is 7.51. The highest BCUT2D eigenvalue weighted by Crippen LogP contribution is 2.27. The average molecular weight is 291 g/mol. The summed E-state index contributed by atoms with van der Waals surface area (Å²) in [6, 6.07) is 5.86.